The topological polar surface area (TPSA) is 87.7 Å². The summed E-state index contributed by atoms with van der Waals surface area (Å²) in [5.41, 5.74) is 1.66. The molecule has 1 heterocycles. The molecule has 9 heteroatoms. The van der Waals surface area contributed by atoms with Crippen molar-refractivity contribution in [3.05, 3.63) is 75.3 Å². The summed E-state index contributed by atoms with van der Waals surface area (Å²) < 4.78 is 11.5. The van der Waals surface area contributed by atoms with Crippen LogP contribution < -0.4 is 40.0 Å². The maximum atomic E-state index is 12.5. The fraction of sp³-hybridized carbons (Fsp3) is 0.360. The van der Waals surface area contributed by atoms with Crippen molar-refractivity contribution >= 4 is 41.2 Å². The van der Waals surface area contributed by atoms with Gasteiger partial charge in [-0.3, -0.25) is 4.79 Å². The molecule has 0 bridgehead atoms. The van der Waals surface area contributed by atoms with E-state index < -0.39 is 17.9 Å². The molecule has 176 valence electrons. The maximum Gasteiger partial charge on any atom is 1.00 e. The number of nitrogens with one attached hydrogen (secondary N) is 1. The minimum atomic E-state index is -1.40. The molecule has 2 atom stereocenters. The number of carboxylic acid groups (broad SMARTS) is 1. The van der Waals surface area contributed by atoms with E-state index in [1.165, 1.54) is 12.1 Å². The van der Waals surface area contributed by atoms with Crippen LogP contribution in [0.2, 0.25) is 10.0 Å². The first-order valence-electron chi connectivity index (χ1n) is 10.7. The molecule has 2 aromatic carbocycles. The van der Waals surface area contributed by atoms with Gasteiger partial charge in [-0.05, 0) is 42.5 Å². The molecule has 0 spiro atoms. The van der Waals surface area contributed by atoms with E-state index in [1.807, 2.05) is 24.3 Å². The monoisotopic (exact) mass is 513 g/mol. The Kier molecular flexibility index (Phi) is 11.6. The third kappa shape index (κ3) is 7.31. The summed E-state index contributed by atoms with van der Waals surface area (Å²) in [4.78, 5) is 24.0. The van der Waals surface area contributed by atoms with Crippen LogP contribution in [0.3, 0.4) is 0 Å². The second-order valence-corrected chi connectivity index (χ2v) is 8.68. The van der Waals surface area contributed by atoms with Crippen LogP contribution in [0.15, 0.2) is 48.5 Å². The fourth-order valence-corrected chi connectivity index (χ4v) is 4.50. The number of benzene rings is 2. The molecule has 1 aliphatic heterocycles. The van der Waals surface area contributed by atoms with Gasteiger partial charge < -0.3 is 24.7 Å². The Morgan fingerprint density at radius 3 is 2.44 bits per heavy atom. The molecule has 6 nitrogen and oxygen atoms in total. The zero-order valence-corrected chi connectivity index (χ0v) is 22.8. The summed E-state index contributed by atoms with van der Waals surface area (Å²) in [6, 6.07) is 11.3. The van der Waals surface area contributed by atoms with Crippen molar-refractivity contribution in [2.24, 2.45) is 0 Å². The number of methoxy groups -OCH3 is 1. The number of hydrogen-bond acceptors (Lipinski definition) is 5. The zero-order valence-electron chi connectivity index (χ0n) is 19.3. The number of aliphatic carboxylic acids is 1. The quantitative estimate of drug-likeness (QED) is 0.532. The predicted octanol–water partition coefficient (Wildman–Crippen LogP) is 0.991. The van der Waals surface area contributed by atoms with Gasteiger partial charge >= 0.3 is 29.6 Å². The van der Waals surface area contributed by atoms with Crippen molar-refractivity contribution in [3.8, 4) is 0 Å². The third-order valence-corrected chi connectivity index (χ3v) is 6.44. The molecule has 1 N–H and O–H groups in total. The Hall–Kier alpha value is -1.38. The minimum Gasteiger partial charge on any atom is -0.548 e. The summed E-state index contributed by atoms with van der Waals surface area (Å²) in [7, 11) is 1.73. The maximum absolute atomic E-state index is 12.5. The molecule has 34 heavy (non-hydrogen) atoms. The van der Waals surface area contributed by atoms with Gasteiger partial charge in [0.1, 0.15) is 0 Å². The standard InChI is InChI=1S/C25H27Cl2NO5.Na/c1-32-25(13-4-15-33-16-14-25)18-11-9-17(10-12-18)5-2-8-21(24(30)31)28-23(29)22-19(26)6-3-7-20(22)27;/h2-3,5-7,9-12,21H,4,8,13-16H2,1H3,(H,28,29)(H,30,31);/q;+1/p-1/b5-2+;. The van der Waals surface area contributed by atoms with Crippen LogP contribution in [-0.4, -0.2) is 38.2 Å². The van der Waals surface area contributed by atoms with Gasteiger partial charge in [-0.2, -0.15) is 0 Å². The van der Waals surface area contributed by atoms with Crippen molar-refractivity contribution in [2.75, 3.05) is 20.3 Å². The van der Waals surface area contributed by atoms with Gasteiger partial charge in [0, 0.05) is 26.7 Å². The Labute approximate surface area is 231 Å². The summed E-state index contributed by atoms with van der Waals surface area (Å²) in [6.07, 6.45) is 6.13. The van der Waals surface area contributed by atoms with E-state index in [1.54, 1.807) is 25.3 Å². The summed E-state index contributed by atoms with van der Waals surface area (Å²) in [5.74, 6) is -2.07. The summed E-state index contributed by atoms with van der Waals surface area (Å²) >= 11 is 12.1. The Morgan fingerprint density at radius 2 is 1.82 bits per heavy atom. The second-order valence-electron chi connectivity index (χ2n) is 7.87. The molecule has 1 saturated heterocycles. The first-order chi connectivity index (χ1) is 15.9. The van der Waals surface area contributed by atoms with Crippen LogP contribution in [0.25, 0.3) is 6.08 Å². The molecule has 0 radical (unpaired) electrons. The molecule has 3 rings (SSSR count). The number of hydrogen-bond donors (Lipinski definition) is 1. The zero-order chi connectivity index (χ0) is 23.8. The largest absolute Gasteiger partial charge is 1.00 e. The number of carbonyl (C=O) groups excluding carboxylic acids is 2. The van der Waals surface area contributed by atoms with E-state index in [4.69, 9.17) is 32.7 Å². The third-order valence-electron chi connectivity index (χ3n) is 5.81. The molecule has 0 aliphatic carbocycles. The molecule has 1 fully saturated rings. The van der Waals surface area contributed by atoms with Crippen LogP contribution in [0.5, 0.6) is 0 Å². The smallest absolute Gasteiger partial charge is 0.548 e. The number of carbonyl (C=O) groups is 2. The molecular formula is C25H26Cl2NNaO5. The van der Waals surface area contributed by atoms with Gasteiger partial charge in [-0.25, -0.2) is 0 Å². The molecular weight excluding hydrogens is 488 g/mol. The van der Waals surface area contributed by atoms with Crippen LogP contribution in [0.1, 0.15) is 47.2 Å². The molecule has 2 aromatic rings. The molecule has 0 aromatic heterocycles. The average Bonchev–Trinajstić information content (AvgIpc) is 3.05. The van der Waals surface area contributed by atoms with Crippen molar-refractivity contribution in [3.63, 3.8) is 0 Å². The van der Waals surface area contributed by atoms with E-state index in [2.05, 4.69) is 5.32 Å². The normalized spacial score (nSPS) is 19.1. The fourth-order valence-electron chi connectivity index (χ4n) is 3.93. The number of rotatable bonds is 8. The van der Waals surface area contributed by atoms with Gasteiger partial charge in [0.15, 0.2) is 0 Å². The van der Waals surface area contributed by atoms with E-state index in [0.717, 1.165) is 37.0 Å². The van der Waals surface area contributed by atoms with E-state index >= 15 is 0 Å². The molecule has 0 saturated carbocycles. The van der Waals surface area contributed by atoms with Crippen LogP contribution >= 0.6 is 23.2 Å². The van der Waals surface area contributed by atoms with Gasteiger partial charge in [0.05, 0.1) is 33.2 Å². The number of halogens is 2. The van der Waals surface area contributed by atoms with E-state index in [0.29, 0.717) is 6.61 Å². The Bertz CT molecular complexity index is 985. The number of ether oxygens (including phenoxy) is 2. The summed E-state index contributed by atoms with van der Waals surface area (Å²) in [6.45, 7) is 1.40. The Balaban J connectivity index is 0.00000408. The van der Waals surface area contributed by atoms with Crippen molar-refractivity contribution < 1.29 is 53.7 Å². The molecule has 1 amide bonds. The van der Waals surface area contributed by atoms with Gasteiger partial charge in [0.25, 0.3) is 5.91 Å². The summed E-state index contributed by atoms with van der Waals surface area (Å²) in [5, 5.41) is 14.2. The first kappa shape index (κ1) is 28.9. The predicted molar refractivity (Wildman–Crippen MR) is 126 cm³/mol. The van der Waals surface area contributed by atoms with Crippen LogP contribution in [0.4, 0.5) is 0 Å². The average molecular weight is 514 g/mol. The van der Waals surface area contributed by atoms with Crippen molar-refractivity contribution in [2.45, 2.75) is 37.3 Å². The van der Waals surface area contributed by atoms with Crippen molar-refractivity contribution in [1.82, 2.24) is 5.32 Å². The van der Waals surface area contributed by atoms with E-state index in [-0.39, 0.29) is 57.2 Å². The molecule has 1 aliphatic rings. The van der Waals surface area contributed by atoms with Gasteiger partial charge in [-0.1, -0.05) is 65.7 Å². The van der Waals surface area contributed by atoms with Gasteiger partial charge in [0.2, 0.25) is 0 Å². The molecule has 2 unspecified atom stereocenters. The number of carboxylic acids is 1. The van der Waals surface area contributed by atoms with Crippen molar-refractivity contribution in [1.29, 1.82) is 0 Å². The van der Waals surface area contributed by atoms with Gasteiger partial charge in [-0.15, -0.1) is 0 Å². The van der Waals surface area contributed by atoms with Crippen LogP contribution in [-0.2, 0) is 19.9 Å². The van der Waals surface area contributed by atoms with E-state index in [9.17, 15) is 14.7 Å². The number of amides is 1. The Morgan fingerprint density at radius 1 is 1.15 bits per heavy atom. The van der Waals surface area contributed by atoms with Crippen LogP contribution in [0, 0.1) is 0 Å². The second kappa shape index (κ2) is 13.6. The first-order valence-corrected chi connectivity index (χ1v) is 11.5. The SMILES string of the molecule is COC1(c2ccc(/C=C/CC(NC(=O)c3c(Cl)cccc3Cl)C(=O)[O-])cc2)CCCOCC1.[Na+]. The minimum absolute atomic E-state index is 0.